The van der Waals surface area contributed by atoms with Gasteiger partial charge in [-0.25, -0.2) is 9.97 Å². The van der Waals surface area contributed by atoms with E-state index in [1.807, 2.05) is 13.8 Å². The lowest BCUT2D eigenvalue weighted by Crippen LogP contribution is -2.11. The molecule has 0 amide bonds. The molecule has 0 aliphatic carbocycles. The van der Waals surface area contributed by atoms with Crippen molar-refractivity contribution in [2.24, 2.45) is 0 Å². The third-order valence-corrected chi connectivity index (χ3v) is 2.42. The van der Waals surface area contributed by atoms with E-state index in [-0.39, 0.29) is 0 Å². The van der Waals surface area contributed by atoms with Crippen LogP contribution in [-0.4, -0.2) is 30.2 Å². The van der Waals surface area contributed by atoms with E-state index in [0.717, 1.165) is 23.6 Å². The van der Waals surface area contributed by atoms with Crippen LogP contribution in [0, 0.1) is 6.92 Å². The number of nitrogens with zero attached hydrogens (tertiary/aromatic N) is 2. The maximum absolute atomic E-state index is 5.99. The molecule has 1 rings (SSSR count). The molecule has 4 nitrogen and oxygen atoms in total. The van der Waals surface area contributed by atoms with Gasteiger partial charge in [0.25, 0.3) is 0 Å². The number of aromatic nitrogens is 2. The maximum atomic E-state index is 5.99. The zero-order chi connectivity index (χ0) is 11.3. The molecule has 1 aromatic heterocycles. The van der Waals surface area contributed by atoms with Crippen molar-refractivity contribution in [1.29, 1.82) is 0 Å². The first-order chi connectivity index (χ1) is 7.19. The van der Waals surface area contributed by atoms with Gasteiger partial charge in [0.15, 0.2) is 0 Å². The monoisotopic (exact) mass is 229 g/mol. The molecule has 0 aromatic carbocycles. The van der Waals surface area contributed by atoms with Crippen LogP contribution in [0.5, 0.6) is 0 Å². The molecular formula is C10H16ClN3O. The van der Waals surface area contributed by atoms with Gasteiger partial charge in [-0.05, 0) is 6.92 Å². The summed E-state index contributed by atoms with van der Waals surface area (Å²) in [5.41, 5.74) is 0.880. The van der Waals surface area contributed by atoms with E-state index < -0.39 is 0 Å². The van der Waals surface area contributed by atoms with Gasteiger partial charge in [0.1, 0.15) is 16.8 Å². The molecule has 5 heteroatoms. The summed E-state index contributed by atoms with van der Waals surface area (Å²) in [5, 5.41) is 3.68. The van der Waals surface area contributed by atoms with Crippen LogP contribution < -0.4 is 5.32 Å². The lowest BCUT2D eigenvalue weighted by molar-refractivity contribution is 0.210. The normalized spacial score (nSPS) is 10.4. The van der Waals surface area contributed by atoms with Crippen molar-refractivity contribution < 1.29 is 4.74 Å². The topological polar surface area (TPSA) is 47.0 Å². The van der Waals surface area contributed by atoms with Crippen molar-refractivity contribution in [2.45, 2.75) is 20.3 Å². The van der Waals surface area contributed by atoms with Gasteiger partial charge in [-0.15, -0.1) is 0 Å². The van der Waals surface area contributed by atoms with Crippen molar-refractivity contribution in [3.8, 4) is 0 Å². The van der Waals surface area contributed by atoms with E-state index in [4.69, 9.17) is 16.3 Å². The molecule has 0 aliphatic heterocycles. The number of halogens is 1. The summed E-state index contributed by atoms with van der Waals surface area (Å²) < 4.78 is 4.95. The Morgan fingerprint density at radius 3 is 2.73 bits per heavy atom. The smallest absolute Gasteiger partial charge is 0.137 e. The fraction of sp³-hybridized carbons (Fsp3) is 0.600. The summed E-state index contributed by atoms with van der Waals surface area (Å²) in [6.07, 6.45) is 0.777. The van der Waals surface area contributed by atoms with Crippen molar-refractivity contribution in [3.05, 3.63) is 16.5 Å². The number of hydrogen-bond acceptors (Lipinski definition) is 4. The third-order valence-electron chi connectivity index (χ3n) is 2.05. The lowest BCUT2D eigenvalue weighted by atomic mass is 10.3. The van der Waals surface area contributed by atoms with Crippen LogP contribution in [0.3, 0.4) is 0 Å². The third kappa shape index (κ3) is 3.32. The van der Waals surface area contributed by atoms with Crippen LogP contribution in [0.25, 0.3) is 0 Å². The minimum absolute atomic E-state index is 0.516. The Labute approximate surface area is 95.0 Å². The molecule has 0 unspecified atom stereocenters. The Balaban J connectivity index is 2.80. The first kappa shape index (κ1) is 12.2. The Hall–Kier alpha value is -0.870. The fourth-order valence-corrected chi connectivity index (χ4v) is 1.32. The molecule has 0 saturated carbocycles. The summed E-state index contributed by atoms with van der Waals surface area (Å²) in [7, 11) is 1.67. The molecular weight excluding hydrogens is 214 g/mol. The van der Waals surface area contributed by atoms with Crippen LogP contribution in [0.2, 0.25) is 5.15 Å². The van der Waals surface area contributed by atoms with E-state index in [9.17, 15) is 0 Å². The first-order valence-electron chi connectivity index (χ1n) is 4.94. The van der Waals surface area contributed by atoms with Crippen LogP contribution >= 0.6 is 11.6 Å². The predicted octanol–water partition coefficient (Wildman–Crippen LogP) is 2.06. The van der Waals surface area contributed by atoms with Gasteiger partial charge in [0.05, 0.1) is 6.61 Å². The Kier molecular flexibility index (Phi) is 4.78. The first-order valence-corrected chi connectivity index (χ1v) is 5.32. The summed E-state index contributed by atoms with van der Waals surface area (Å²) >= 11 is 5.99. The molecule has 1 heterocycles. The fourth-order valence-electron chi connectivity index (χ4n) is 1.13. The van der Waals surface area contributed by atoms with Crippen LogP contribution in [0.15, 0.2) is 0 Å². The highest BCUT2D eigenvalue weighted by Crippen LogP contribution is 2.19. The van der Waals surface area contributed by atoms with Crippen molar-refractivity contribution in [3.63, 3.8) is 0 Å². The van der Waals surface area contributed by atoms with Crippen LogP contribution in [0.4, 0.5) is 5.82 Å². The molecule has 0 bridgehead atoms. The molecule has 1 N–H and O–H groups in total. The number of anilines is 1. The highest BCUT2D eigenvalue weighted by Gasteiger charge is 2.07. The second kappa shape index (κ2) is 5.88. The minimum Gasteiger partial charge on any atom is -0.383 e. The van der Waals surface area contributed by atoms with E-state index in [0.29, 0.717) is 18.3 Å². The SMILES string of the molecule is CCc1nc(Cl)c(C)c(NCCOC)n1. The summed E-state index contributed by atoms with van der Waals surface area (Å²) in [6, 6.07) is 0. The number of nitrogens with one attached hydrogen (secondary N) is 1. The average molecular weight is 230 g/mol. The highest BCUT2D eigenvalue weighted by molar-refractivity contribution is 6.30. The van der Waals surface area contributed by atoms with Gasteiger partial charge in [0.2, 0.25) is 0 Å². The van der Waals surface area contributed by atoms with Gasteiger partial charge in [-0.3, -0.25) is 0 Å². The van der Waals surface area contributed by atoms with Gasteiger partial charge < -0.3 is 10.1 Å². The minimum atomic E-state index is 0.516. The number of ether oxygens (including phenoxy) is 1. The average Bonchev–Trinajstić information content (AvgIpc) is 2.24. The molecule has 1 aromatic rings. The largest absolute Gasteiger partial charge is 0.383 e. The second-order valence-corrected chi connectivity index (χ2v) is 3.54. The Morgan fingerprint density at radius 2 is 2.13 bits per heavy atom. The van der Waals surface area contributed by atoms with E-state index in [1.165, 1.54) is 0 Å². The van der Waals surface area contributed by atoms with Gasteiger partial charge in [-0.2, -0.15) is 0 Å². The van der Waals surface area contributed by atoms with Gasteiger partial charge >= 0.3 is 0 Å². The standard InChI is InChI=1S/C10H16ClN3O/c1-4-8-13-9(11)7(2)10(14-8)12-5-6-15-3/h4-6H2,1-3H3,(H,12,13,14). The molecule has 0 spiro atoms. The number of hydrogen-bond donors (Lipinski definition) is 1. The number of rotatable bonds is 5. The van der Waals surface area contributed by atoms with Crippen molar-refractivity contribution >= 4 is 17.4 Å². The van der Waals surface area contributed by atoms with E-state index in [2.05, 4.69) is 15.3 Å². The molecule has 0 radical (unpaired) electrons. The second-order valence-electron chi connectivity index (χ2n) is 3.18. The van der Waals surface area contributed by atoms with Crippen molar-refractivity contribution in [1.82, 2.24) is 9.97 Å². The van der Waals surface area contributed by atoms with E-state index >= 15 is 0 Å². The van der Waals surface area contributed by atoms with Crippen LogP contribution in [-0.2, 0) is 11.2 Å². The molecule has 15 heavy (non-hydrogen) atoms. The quantitative estimate of drug-likeness (QED) is 0.620. The predicted molar refractivity (Wildman–Crippen MR) is 61.5 cm³/mol. The van der Waals surface area contributed by atoms with Crippen molar-refractivity contribution in [2.75, 3.05) is 25.6 Å². The summed E-state index contributed by atoms with van der Waals surface area (Å²) in [5.74, 6) is 1.55. The molecule has 0 atom stereocenters. The highest BCUT2D eigenvalue weighted by atomic mass is 35.5. The molecule has 0 fully saturated rings. The van der Waals surface area contributed by atoms with Gasteiger partial charge in [0, 0.05) is 25.6 Å². The summed E-state index contributed by atoms with van der Waals surface area (Å²) in [6.45, 7) is 5.26. The Bertz CT molecular complexity index is 331. The van der Waals surface area contributed by atoms with Crippen LogP contribution in [0.1, 0.15) is 18.3 Å². The zero-order valence-electron chi connectivity index (χ0n) is 9.30. The maximum Gasteiger partial charge on any atom is 0.137 e. The molecule has 84 valence electrons. The lowest BCUT2D eigenvalue weighted by Gasteiger charge is -2.10. The molecule has 0 aliphatic rings. The Morgan fingerprint density at radius 1 is 1.40 bits per heavy atom. The van der Waals surface area contributed by atoms with Gasteiger partial charge in [-0.1, -0.05) is 18.5 Å². The zero-order valence-corrected chi connectivity index (χ0v) is 10.1. The number of aryl methyl sites for hydroxylation is 1. The summed E-state index contributed by atoms with van der Waals surface area (Å²) in [4.78, 5) is 8.52. The number of methoxy groups -OCH3 is 1. The van der Waals surface area contributed by atoms with E-state index in [1.54, 1.807) is 7.11 Å². The molecule has 0 saturated heterocycles.